The van der Waals surface area contributed by atoms with Crippen LogP contribution < -0.4 is 15.4 Å². The van der Waals surface area contributed by atoms with Crippen LogP contribution in [0, 0.1) is 5.92 Å². The third kappa shape index (κ3) is 6.25. The molecule has 0 spiro atoms. The maximum atomic E-state index is 12.8. The van der Waals surface area contributed by atoms with Crippen LogP contribution >= 0.6 is 12.2 Å². The van der Waals surface area contributed by atoms with E-state index in [4.69, 9.17) is 17.0 Å². The van der Waals surface area contributed by atoms with Crippen molar-refractivity contribution in [1.29, 1.82) is 0 Å². The molecule has 1 aliphatic heterocycles. The number of nitrogens with zero attached hydrogens (tertiary/aromatic N) is 1. The quantitative estimate of drug-likeness (QED) is 0.643. The van der Waals surface area contributed by atoms with Gasteiger partial charge in [-0.25, -0.2) is 8.42 Å². The Kier molecular flexibility index (Phi) is 7.64. The Bertz CT molecular complexity index is 1010. The van der Waals surface area contributed by atoms with Crippen molar-refractivity contribution in [3.8, 4) is 5.75 Å². The Morgan fingerprint density at radius 1 is 1.10 bits per heavy atom. The first-order chi connectivity index (χ1) is 14.8. The fraction of sp³-hybridized carbons (Fsp3) is 0.364. The van der Waals surface area contributed by atoms with E-state index < -0.39 is 10.0 Å². The van der Waals surface area contributed by atoms with Gasteiger partial charge in [0.2, 0.25) is 15.9 Å². The smallest absolute Gasteiger partial charge is 0.243 e. The van der Waals surface area contributed by atoms with Gasteiger partial charge in [0.25, 0.3) is 0 Å². The Labute approximate surface area is 188 Å². The number of benzene rings is 2. The molecule has 2 aromatic carbocycles. The molecule has 1 amide bonds. The molecule has 0 radical (unpaired) electrons. The molecule has 3 rings (SSSR count). The summed E-state index contributed by atoms with van der Waals surface area (Å²) in [5.74, 6) is 1.03. The number of rotatable bonds is 6. The third-order valence-corrected chi connectivity index (χ3v) is 7.39. The molecule has 1 heterocycles. The van der Waals surface area contributed by atoms with Crippen LogP contribution in [0.3, 0.4) is 0 Å². The molecule has 0 atom stereocenters. The van der Waals surface area contributed by atoms with Crippen molar-refractivity contribution >= 4 is 38.9 Å². The Morgan fingerprint density at radius 3 is 2.29 bits per heavy atom. The second-order valence-corrected chi connectivity index (χ2v) is 9.98. The lowest BCUT2D eigenvalue weighted by Gasteiger charge is -2.29. The lowest BCUT2D eigenvalue weighted by Crippen LogP contribution is -2.37. The zero-order valence-corrected chi connectivity index (χ0v) is 19.3. The summed E-state index contributed by atoms with van der Waals surface area (Å²) in [6.45, 7) is 3.24. The van der Waals surface area contributed by atoms with Gasteiger partial charge in [-0.05, 0) is 72.9 Å². The van der Waals surface area contributed by atoms with Gasteiger partial charge in [-0.3, -0.25) is 4.79 Å². The molecule has 1 fully saturated rings. The second-order valence-electron chi connectivity index (χ2n) is 7.64. The Hall–Kier alpha value is -2.49. The van der Waals surface area contributed by atoms with Gasteiger partial charge in [0.15, 0.2) is 5.11 Å². The first-order valence-electron chi connectivity index (χ1n) is 10.1. The topological polar surface area (TPSA) is 87.7 Å². The highest BCUT2D eigenvalue weighted by Gasteiger charge is 2.27. The van der Waals surface area contributed by atoms with E-state index >= 15 is 0 Å². The highest BCUT2D eigenvalue weighted by Crippen LogP contribution is 2.24. The molecule has 0 unspecified atom stereocenters. The van der Waals surface area contributed by atoms with Gasteiger partial charge in [0, 0.05) is 18.8 Å². The summed E-state index contributed by atoms with van der Waals surface area (Å²) in [4.78, 5) is 12.4. The van der Waals surface area contributed by atoms with Gasteiger partial charge < -0.3 is 15.4 Å². The summed E-state index contributed by atoms with van der Waals surface area (Å²) >= 11 is 5.20. The Balaban J connectivity index is 1.54. The molecule has 2 aromatic rings. The average molecular weight is 462 g/mol. The van der Waals surface area contributed by atoms with E-state index in [1.54, 1.807) is 47.8 Å². The van der Waals surface area contributed by atoms with E-state index in [-0.39, 0.29) is 22.3 Å². The van der Waals surface area contributed by atoms with E-state index in [0.29, 0.717) is 24.7 Å². The summed E-state index contributed by atoms with van der Waals surface area (Å²) < 4.78 is 32.2. The molecule has 1 saturated heterocycles. The predicted molar refractivity (Wildman–Crippen MR) is 125 cm³/mol. The highest BCUT2D eigenvalue weighted by molar-refractivity contribution is 7.89. The van der Waals surface area contributed by atoms with Crippen LogP contribution in [0.4, 0.5) is 5.69 Å². The highest BCUT2D eigenvalue weighted by atomic mass is 32.2. The van der Waals surface area contributed by atoms with Crippen molar-refractivity contribution < 1.29 is 17.9 Å². The molecule has 9 heteroatoms. The number of hydrogen-bond donors (Lipinski definition) is 2. The normalized spacial score (nSPS) is 15.3. The number of carbonyl (C=O) groups is 1. The number of thiocarbonyl (C=S) groups is 1. The zero-order chi connectivity index (χ0) is 22.4. The molecule has 2 N–H and O–H groups in total. The zero-order valence-electron chi connectivity index (χ0n) is 17.6. The van der Waals surface area contributed by atoms with Crippen molar-refractivity contribution in [2.75, 3.05) is 25.5 Å². The van der Waals surface area contributed by atoms with Gasteiger partial charge in [-0.15, -0.1) is 0 Å². The summed E-state index contributed by atoms with van der Waals surface area (Å²) in [6.07, 6.45) is 1.93. The number of ether oxygens (including phenoxy) is 1. The number of carbonyl (C=O) groups excluding carboxylic acids is 1. The van der Waals surface area contributed by atoms with Gasteiger partial charge >= 0.3 is 0 Å². The average Bonchev–Trinajstić information content (AvgIpc) is 2.75. The molecule has 31 heavy (non-hydrogen) atoms. The number of nitrogens with one attached hydrogen (secondary N) is 2. The molecule has 166 valence electrons. The Morgan fingerprint density at radius 2 is 1.71 bits per heavy atom. The van der Waals surface area contributed by atoms with Crippen LogP contribution in [-0.4, -0.2) is 43.9 Å². The number of amides is 1. The van der Waals surface area contributed by atoms with E-state index in [2.05, 4.69) is 17.6 Å². The molecule has 0 aliphatic carbocycles. The molecule has 7 nitrogen and oxygen atoms in total. The molecular weight excluding hydrogens is 434 g/mol. The van der Waals surface area contributed by atoms with Crippen LogP contribution in [0.5, 0.6) is 5.75 Å². The summed E-state index contributed by atoms with van der Waals surface area (Å²) in [7, 11) is -1.91. The molecule has 1 aliphatic rings. The second kappa shape index (κ2) is 10.2. The van der Waals surface area contributed by atoms with Crippen molar-refractivity contribution in [3.63, 3.8) is 0 Å². The number of piperidine rings is 1. The fourth-order valence-electron chi connectivity index (χ4n) is 3.35. The standard InChI is InChI=1S/C22H27N3O4S2/c1-16-11-13-25(14-12-16)31(27,28)20-9-5-18(6-10-20)23-22(30)24-21(26)15-17-3-7-19(29-2)8-4-17/h3-10,16H,11-15H2,1-2H3,(H2,23,24,26,30). The van der Waals surface area contributed by atoms with Gasteiger partial charge in [0.05, 0.1) is 18.4 Å². The van der Waals surface area contributed by atoms with Crippen LogP contribution in [0.1, 0.15) is 25.3 Å². The maximum Gasteiger partial charge on any atom is 0.243 e. The van der Waals surface area contributed by atoms with Crippen LogP contribution in [-0.2, 0) is 21.2 Å². The first kappa shape index (κ1) is 23.2. The molecular formula is C22H27N3O4S2. The monoisotopic (exact) mass is 461 g/mol. The van der Waals surface area contributed by atoms with Crippen LogP contribution in [0.2, 0.25) is 0 Å². The number of anilines is 1. The van der Waals surface area contributed by atoms with Gasteiger partial charge in [0.1, 0.15) is 5.75 Å². The van der Waals surface area contributed by atoms with Crippen LogP contribution in [0.15, 0.2) is 53.4 Å². The molecule has 0 saturated carbocycles. The van der Waals surface area contributed by atoms with Crippen molar-refractivity contribution in [2.45, 2.75) is 31.1 Å². The van der Waals surface area contributed by atoms with E-state index in [1.165, 1.54) is 0 Å². The summed E-state index contributed by atoms with van der Waals surface area (Å²) in [5.41, 5.74) is 1.43. The van der Waals surface area contributed by atoms with E-state index in [1.807, 2.05) is 12.1 Å². The van der Waals surface area contributed by atoms with E-state index in [9.17, 15) is 13.2 Å². The van der Waals surface area contributed by atoms with Gasteiger partial charge in [-0.2, -0.15) is 4.31 Å². The molecule has 0 aromatic heterocycles. The third-order valence-electron chi connectivity index (χ3n) is 5.27. The van der Waals surface area contributed by atoms with Crippen molar-refractivity contribution in [2.24, 2.45) is 5.92 Å². The number of methoxy groups -OCH3 is 1. The van der Waals surface area contributed by atoms with Crippen molar-refractivity contribution in [3.05, 3.63) is 54.1 Å². The largest absolute Gasteiger partial charge is 0.497 e. The SMILES string of the molecule is COc1ccc(CC(=O)NC(=S)Nc2ccc(S(=O)(=O)N3CCC(C)CC3)cc2)cc1. The minimum atomic E-state index is -3.50. The fourth-order valence-corrected chi connectivity index (χ4v) is 5.05. The minimum Gasteiger partial charge on any atom is -0.497 e. The minimum absolute atomic E-state index is 0.152. The number of hydrogen-bond acceptors (Lipinski definition) is 5. The summed E-state index contributed by atoms with van der Waals surface area (Å²) in [5, 5.41) is 5.69. The van der Waals surface area contributed by atoms with Gasteiger partial charge in [-0.1, -0.05) is 19.1 Å². The first-order valence-corrected chi connectivity index (χ1v) is 12.0. The molecule has 0 bridgehead atoms. The maximum absolute atomic E-state index is 12.8. The van der Waals surface area contributed by atoms with E-state index in [0.717, 1.165) is 24.2 Å². The summed E-state index contributed by atoms with van der Waals surface area (Å²) in [6, 6.07) is 13.6. The predicted octanol–water partition coefficient (Wildman–Crippen LogP) is 3.17. The van der Waals surface area contributed by atoms with Crippen molar-refractivity contribution in [1.82, 2.24) is 9.62 Å². The van der Waals surface area contributed by atoms with Crippen LogP contribution in [0.25, 0.3) is 0 Å². The lowest BCUT2D eigenvalue weighted by molar-refractivity contribution is -0.119. The lowest BCUT2D eigenvalue weighted by atomic mass is 10.0. The number of sulfonamides is 1.